The number of likely N-dealkylation sites (tertiary alicyclic amines) is 1. The van der Waals surface area contributed by atoms with E-state index in [1.807, 2.05) is 4.90 Å². The lowest BCUT2D eigenvalue weighted by Gasteiger charge is -2.47. The van der Waals surface area contributed by atoms with Gasteiger partial charge in [-0.3, -0.25) is 9.69 Å². The average Bonchev–Trinajstić information content (AvgIpc) is 2.16. The maximum absolute atomic E-state index is 11.1. The molecule has 0 radical (unpaired) electrons. The van der Waals surface area contributed by atoms with Gasteiger partial charge in [-0.1, -0.05) is 19.3 Å². The van der Waals surface area contributed by atoms with E-state index in [-0.39, 0.29) is 5.91 Å². The van der Waals surface area contributed by atoms with Crippen molar-refractivity contribution in [1.82, 2.24) is 9.80 Å². The summed E-state index contributed by atoms with van der Waals surface area (Å²) in [5.41, 5.74) is 0. The maximum Gasteiger partial charge on any atom is 0.219 e. The third kappa shape index (κ3) is 2.33. The minimum Gasteiger partial charge on any atom is -0.340 e. The number of amides is 1. The van der Waals surface area contributed by atoms with Gasteiger partial charge in [-0.25, -0.2) is 0 Å². The lowest BCUT2D eigenvalue weighted by atomic mass is 9.92. The predicted octanol–water partition coefficient (Wildman–Crippen LogP) is 1.48. The first-order chi connectivity index (χ1) is 7.18. The van der Waals surface area contributed by atoms with Gasteiger partial charge in [0.2, 0.25) is 5.91 Å². The standard InChI is InChI=1S/C12H22N2O/c1-10(15)14-8-12(9-14)13(2)11-6-4-3-5-7-11/h11-12H,3-9H2,1-2H3. The van der Waals surface area contributed by atoms with Gasteiger partial charge in [-0.2, -0.15) is 0 Å². The molecule has 1 heterocycles. The molecule has 0 bridgehead atoms. The van der Waals surface area contributed by atoms with Crippen LogP contribution in [0.2, 0.25) is 0 Å². The summed E-state index contributed by atoms with van der Waals surface area (Å²) in [5.74, 6) is 0.225. The van der Waals surface area contributed by atoms with E-state index < -0.39 is 0 Å². The summed E-state index contributed by atoms with van der Waals surface area (Å²) in [5, 5.41) is 0. The van der Waals surface area contributed by atoms with E-state index in [0.29, 0.717) is 6.04 Å². The molecule has 0 aromatic carbocycles. The van der Waals surface area contributed by atoms with Crippen molar-refractivity contribution in [2.24, 2.45) is 0 Å². The number of hydrogen-bond acceptors (Lipinski definition) is 2. The Hall–Kier alpha value is -0.570. The van der Waals surface area contributed by atoms with Crippen LogP contribution in [0.1, 0.15) is 39.0 Å². The van der Waals surface area contributed by atoms with Crippen LogP contribution < -0.4 is 0 Å². The van der Waals surface area contributed by atoms with Crippen LogP contribution in [0.25, 0.3) is 0 Å². The van der Waals surface area contributed by atoms with Crippen LogP contribution in [-0.2, 0) is 4.79 Å². The summed E-state index contributed by atoms with van der Waals surface area (Å²) in [6.07, 6.45) is 6.89. The Kier molecular flexibility index (Phi) is 3.29. The lowest BCUT2D eigenvalue weighted by Crippen LogP contribution is -2.61. The molecule has 15 heavy (non-hydrogen) atoms. The van der Waals surface area contributed by atoms with Crippen molar-refractivity contribution in [2.75, 3.05) is 20.1 Å². The number of likely N-dealkylation sites (N-methyl/N-ethyl adjacent to an activating group) is 1. The number of carbonyl (C=O) groups excluding carboxylic acids is 1. The van der Waals surface area contributed by atoms with Crippen LogP contribution in [-0.4, -0.2) is 47.9 Å². The number of rotatable bonds is 2. The summed E-state index contributed by atoms with van der Waals surface area (Å²) < 4.78 is 0. The molecule has 1 saturated carbocycles. The highest BCUT2D eigenvalue weighted by Gasteiger charge is 2.34. The van der Waals surface area contributed by atoms with E-state index in [9.17, 15) is 4.79 Å². The highest BCUT2D eigenvalue weighted by Crippen LogP contribution is 2.25. The normalized spacial score (nSPS) is 24.3. The molecule has 0 atom stereocenters. The fourth-order valence-electron chi connectivity index (χ4n) is 2.76. The Bertz CT molecular complexity index is 230. The predicted molar refractivity (Wildman–Crippen MR) is 60.7 cm³/mol. The van der Waals surface area contributed by atoms with E-state index in [2.05, 4.69) is 11.9 Å². The quantitative estimate of drug-likeness (QED) is 0.689. The van der Waals surface area contributed by atoms with Gasteiger partial charge < -0.3 is 4.90 Å². The van der Waals surface area contributed by atoms with E-state index in [1.54, 1.807) is 6.92 Å². The van der Waals surface area contributed by atoms with Gasteiger partial charge in [-0.05, 0) is 19.9 Å². The van der Waals surface area contributed by atoms with E-state index >= 15 is 0 Å². The Balaban J connectivity index is 1.77. The summed E-state index contributed by atoms with van der Waals surface area (Å²) in [6, 6.07) is 1.40. The summed E-state index contributed by atoms with van der Waals surface area (Å²) >= 11 is 0. The second-order valence-corrected chi connectivity index (χ2v) is 5.04. The van der Waals surface area contributed by atoms with Gasteiger partial charge in [0.15, 0.2) is 0 Å². The Morgan fingerprint density at radius 3 is 2.27 bits per heavy atom. The molecule has 2 rings (SSSR count). The third-order valence-corrected chi connectivity index (χ3v) is 4.03. The molecule has 2 aliphatic rings. The van der Waals surface area contributed by atoms with Crippen LogP contribution in [0.15, 0.2) is 0 Å². The van der Waals surface area contributed by atoms with Crippen LogP contribution in [0.5, 0.6) is 0 Å². The van der Waals surface area contributed by atoms with Gasteiger partial charge in [0.05, 0.1) is 0 Å². The lowest BCUT2D eigenvalue weighted by molar-refractivity contribution is -0.136. The molecule has 2 fully saturated rings. The smallest absolute Gasteiger partial charge is 0.219 e. The van der Waals surface area contributed by atoms with Gasteiger partial charge in [0.25, 0.3) is 0 Å². The molecule has 3 nitrogen and oxygen atoms in total. The van der Waals surface area contributed by atoms with Crippen LogP contribution >= 0.6 is 0 Å². The zero-order valence-electron chi connectivity index (χ0n) is 9.91. The molecule has 0 unspecified atom stereocenters. The molecule has 1 aliphatic carbocycles. The maximum atomic E-state index is 11.1. The molecule has 0 spiro atoms. The fourth-order valence-corrected chi connectivity index (χ4v) is 2.76. The summed E-state index contributed by atoms with van der Waals surface area (Å²) in [4.78, 5) is 15.5. The monoisotopic (exact) mass is 210 g/mol. The van der Waals surface area contributed by atoms with Gasteiger partial charge in [0.1, 0.15) is 0 Å². The SMILES string of the molecule is CC(=O)N1CC(N(C)C2CCCCC2)C1. The molecule has 1 amide bonds. The summed E-state index contributed by atoms with van der Waals surface area (Å²) in [6.45, 7) is 3.56. The van der Waals surface area contributed by atoms with Crippen molar-refractivity contribution in [2.45, 2.75) is 51.1 Å². The number of nitrogens with zero attached hydrogens (tertiary/aromatic N) is 2. The first-order valence-corrected chi connectivity index (χ1v) is 6.16. The van der Waals surface area contributed by atoms with Crippen molar-refractivity contribution in [3.05, 3.63) is 0 Å². The minimum absolute atomic E-state index is 0.225. The molecule has 0 aromatic heterocycles. The third-order valence-electron chi connectivity index (χ3n) is 4.03. The van der Waals surface area contributed by atoms with Crippen molar-refractivity contribution < 1.29 is 4.79 Å². The fraction of sp³-hybridized carbons (Fsp3) is 0.917. The van der Waals surface area contributed by atoms with Crippen LogP contribution in [0, 0.1) is 0 Å². The topological polar surface area (TPSA) is 23.6 Å². The van der Waals surface area contributed by atoms with Crippen molar-refractivity contribution in [3.8, 4) is 0 Å². The second-order valence-electron chi connectivity index (χ2n) is 5.04. The van der Waals surface area contributed by atoms with E-state index in [1.165, 1.54) is 32.1 Å². The van der Waals surface area contributed by atoms with Crippen molar-refractivity contribution in [1.29, 1.82) is 0 Å². The van der Waals surface area contributed by atoms with Crippen LogP contribution in [0.3, 0.4) is 0 Å². The van der Waals surface area contributed by atoms with Crippen LogP contribution in [0.4, 0.5) is 0 Å². The van der Waals surface area contributed by atoms with E-state index in [4.69, 9.17) is 0 Å². The highest BCUT2D eigenvalue weighted by molar-refractivity contribution is 5.74. The Labute approximate surface area is 92.4 Å². The highest BCUT2D eigenvalue weighted by atomic mass is 16.2. The Morgan fingerprint density at radius 2 is 1.73 bits per heavy atom. The van der Waals surface area contributed by atoms with Gasteiger partial charge in [-0.15, -0.1) is 0 Å². The zero-order valence-corrected chi connectivity index (χ0v) is 9.91. The molecule has 3 heteroatoms. The zero-order chi connectivity index (χ0) is 10.8. The average molecular weight is 210 g/mol. The first kappa shape index (κ1) is 10.9. The molecule has 86 valence electrons. The summed E-state index contributed by atoms with van der Waals surface area (Å²) in [7, 11) is 2.23. The van der Waals surface area contributed by atoms with E-state index in [0.717, 1.165) is 19.1 Å². The second kappa shape index (κ2) is 4.52. The molecule has 1 aliphatic heterocycles. The minimum atomic E-state index is 0.225. The molecular weight excluding hydrogens is 188 g/mol. The first-order valence-electron chi connectivity index (χ1n) is 6.16. The number of hydrogen-bond donors (Lipinski definition) is 0. The molecular formula is C12H22N2O. The molecule has 0 aromatic rings. The number of carbonyl (C=O) groups is 1. The van der Waals surface area contributed by atoms with Crippen molar-refractivity contribution >= 4 is 5.91 Å². The Morgan fingerprint density at radius 1 is 1.13 bits per heavy atom. The van der Waals surface area contributed by atoms with Gasteiger partial charge >= 0.3 is 0 Å². The molecule has 0 N–H and O–H groups in total. The van der Waals surface area contributed by atoms with Gasteiger partial charge in [0, 0.05) is 32.1 Å². The largest absolute Gasteiger partial charge is 0.340 e. The molecule has 1 saturated heterocycles. The van der Waals surface area contributed by atoms with Crippen molar-refractivity contribution in [3.63, 3.8) is 0 Å².